The molecule has 0 heterocycles. The van der Waals surface area contributed by atoms with Gasteiger partial charge in [0.2, 0.25) is 0 Å². The van der Waals surface area contributed by atoms with Gasteiger partial charge in [0.25, 0.3) is 0 Å². The molecule has 0 saturated heterocycles. The second-order valence-electron chi connectivity index (χ2n) is 16.3. The van der Waals surface area contributed by atoms with Crippen LogP contribution in [0.1, 0.15) is 51.4 Å². The van der Waals surface area contributed by atoms with E-state index in [2.05, 4.69) is 156 Å². The fourth-order valence-electron chi connectivity index (χ4n) is 6.18. The first-order chi connectivity index (χ1) is 37.7. The molecule has 0 bridgehead atoms. The highest BCUT2D eigenvalue weighted by Crippen LogP contribution is 2.39. The molecule has 0 aliphatic heterocycles. The molecule has 0 spiro atoms. The molecule has 0 aliphatic rings. The quantitative estimate of drug-likeness (QED) is 0.0243. The summed E-state index contributed by atoms with van der Waals surface area (Å²) in [5.41, 5.74) is -1.46. The Kier molecular flexibility index (Phi) is 38.0. The lowest BCUT2D eigenvalue weighted by atomic mass is 9.84. The van der Waals surface area contributed by atoms with Crippen molar-refractivity contribution in [1.82, 2.24) is 0 Å². The summed E-state index contributed by atoms with van der Waals surface area (Å²) in [6, 6.07) is 11.0. The van der Waals surface area contributed by atoms with Gasteiger partial charge in [0, 0.05) is 66.5 Å². The first-order valence-electron chi connectivity index (χ1n) is 23.8. The van der Waals surface area contributed by atoms with Crippen LogP contribution < -0.4 is 14.2 Å². The minimum Gasteiger partial charge on any atom is -0.488 e. The number of thioether (sulfide) groups is 3. The minimum absolute atomic E-state index is 0.0314. The van der Waals surface area contributed by atoms with Crippen molar-refractivity contribution in [3.05, 3.63) is 76.7 Å². The Morgan fingerprint density at radius 1 is 0.367 bits per heavy atom. The van der Waals surface area contributed by atoms with Crippen LogP contribution in [0.5, 0.6) is 17.2 Å². The Morgan fingerprint density at radius 3 is 0.899 bits per heavy atom. The molecule has 0 saturated carbocycles. The highest BCUT2D eigenvalue weighted by atomic mass is 79.9. The van der Waals surface area contributed by atoms with Crippen LogP contribution in [0, 0.1) is 5.41 Å². The molecule has 0 radical (unpaired) electrons. The largest absolute Gasteiger partial charge is 0.488 e. The van der Waals surface area contributed by atoms with E-state index in [9.17, 15) is 33.6 Å². The summed E-state index contributed by atoms with van der Waals surface area (Å²) in [6.45, 7) is -0.770. The molecule has 438 valence electrons. The van der Waals surface area contributed by atoms with Crippen LogP contribution in [0.4, 0.5) is 0 Å². The van der Waals surface area contributed by atoms with E-state index in [0.717, 1.165) is 40.3 Å². The smallest absolute Gasteiger partial charge is 0.306 e. The summed E-state index contributed by atoms with van der Waals surface area (Å²) in [7, 11) is 0. The van der Waals surface area contributed by atoms with Crippen molar-refractivity contribution >= 4 is 233 Å². The van der Waals surface area contributed by atoms with Crippen LogP contribution in [0.25, 0.3) is 0 Å². The lowest BCUT2D eigenvalue weighted by molar-refractivity contribution is -0.164. The maximum atomic E-state index is 13.7. The Labute approximate surface area is 553 Å². The monoisotopic (exact) mass is 1750 g/mol. The molecular formula is C50H55Br9O16S4. The SMILES string of the molecule is O=C(CCSCCC(=O)OCCOc1c(Br)cc(Br)cc1Br)CC(COC(=O)CCS)(COC(=O)CCSCCC(=O)OCCOc1c(Br)cc(Br)cc1Br)COC(=O)CCSCCC(=O)OCCOc1c(Br)cc(Br)cc1Br. The van der Waals surface area contributed by atoms with Gasteiger partial charge in [0.15, 0.2) is 0 Å². The summed E-state index contributed by atoms with van der Waals surface area (Å²) in [6.07, 6.45) is -0.120. The van der Waals surface area contributed by atoms with Gasteiger partial charge < -0.3 is 42.6 Å². The second-order valence-corrected chi connectivity index (χ2v) is 28.3. The van der Waals surface area contributed by atoms with E-state index in [1.165, 1.54) is 35.3 Å². The topological polar surface area (TPSA) is 203 Å². The Morgan fingerprint density at radius 2 is 0.620 bits per heavy atom. The molecule has 3 aromatic rings. The molecule has 0 unspecified atom stereocenters. The lowest BCUT2D eigenvalue weighted by Crippen LogP contribution is -2.41. The maximum Gasteiger partial charge on any atom is 0.306 e. The highest BCUT2D eigenvalue weighted by molar-refractivity contribution is 9.12. The van der Waals surface area contributed by atoms with Gasteiger partial charge in [0.05, 0.1) is 70.8 Å². The van der Waals surface area contributed by atoms with Crippen LogP contribution in [0.3, 0.4) is 0 Å². The van der Waals surface area contributed by atoms with Crippen molar-refractivity contribution in [3.8, 4) is 17.2 Å². The second kappa shape index (κ2) is 41.3. The lowest BCUT2D eigenvalue weighted by Gasteiger charge is -2.31. The first-order valence-corrected chi connectivity index (χ1v) is 35.1. The summed E-state index contributed by atoms with van der Waals surface area (Å²) >= 11 is 39.0. The molecular weight excluding hydrogens is 1700 g/mol. The van der Waals surface area contributed by atoms with Gasteiger partial charge in [-0.2, -0.15) is 47.9 Å². The summed E-state index contributed by atoms with van der Waals surface area (Å²) in [5, 5.41) is 0. The molecule has 0 amide bonds. The van der Waals surface area contributed by atoms with Crippen molar-refractivity contribution in [2.75, 3.05) is 99.7 Å². The van der Waals surface area contributed by atoms with Gasteiger partial charge in [-0.1, -0.05) is 47.8 Å². The number of halogens is 9. The number of ketones is 1. The third-order valence-corrected chi connectivity index (χ3v) is 18.0. The Hall–Kier alpha value is -0.730. The molecule has 0 aliphatic carbocycles. The van der Waals surface area contributed by atoms with E-state index in [0.29, 0.717) is 51.8 Å². The number of thiol groups is 1. The summed E-state index contributed by atoms with van der Waals surface area (Å²) in [5.74, 6) is 0.477. The molecule has 79 heavy (non-hydrogen) atoms. The molecule has 0 aromatic heterocycles. The number of rotatable bonds is 40. The average Bonchev–Trinajstić information content (AvgIpc) is 3.37. The van der Waals surface area contributed by atoms with Crippen LogP contribution >= 0.6 is 191 Å². The third-order valence-electron chi connectivity index (χ3n) is 9.95. The van der Waals surface area contributed by atoms with Gasteiger partial charge in [-0.25, -0.2) is 0 Å². The fraction of sp³-hybridized carbons (Fsp3) is 0.500. The number of ether oxygens (including phenoxy) is 9. The van der Waals surface area contributed by atoms with E-state index in [1.807, 2.05) is 36.4 Å². The minimum atomic E-state index is -1.46. The van der Waals surface area contributed by atoms with Gasteiger partial charge in [0.1, 0.15) is 82.5 Å². The molecule has 0 atom stereocenters. The Bertz CT molecular complexity index is 2320. The van der Waals surface area contributed by atoms with Gasteiger partial charge in [-0.3, -0.25) is 33.6 Å². The van der Waals surface area contributed by atoms with Crippen molar-refractivity contribution < 1.29 is 76.2 Å². The summed E-state index contributed by atoms with van der Waals surface area (Å²) < 4.78 is 56.9. The molecule has 0 fully saturated rings. The summed E-state index contributed by atoms with van der Waals surface area (Å²) in [4.78, 5) is 89.8. The zero-order valence-corrected chi connectivity index (χ0v) is 59.7. The van der Waals surface area contributed by atoms with Crippen LogP contribution in [0.15, 0.2) is 76.7 Å². The Balaban J connectivity index is 1.51. The van der Waals surface area contributed by atoms with E-state index in [-0.39, 0.29) is 103 Å². The maximum absolute atomic E-state index is 13.7. The van der Waals surface area contributed by atoms with E-state index >= 15 is 0 Å². The first kappa shape index (κ1) is 72.5. The van der Waals surface area contributed by atoms with Crippen LogP contribution in [0.2, 0.25) is 0 Å². The number of benzene rings is 3. The fourth-order valence-corrected chi connectivity index (χ4v) is 16.4. The number of hydrogen-bond donors (Lipinski definition) is 1. The third kappa shape index (κ3) is 31.3. The highest BCUT2D eigenvalue weighted by Gasteiger charge is 2.38. The zero-order valence-electron chi connectivity index (χ0n) is 42.0. The number of carbonyl (C=O) groups is 7. The van der Waals surface area contributed by atoms with E-state index < -0.39 is 61.1 Å². The van der Waals surface area contributed by atoms with Crippen molar-refractivity contribution in [2.45, 2.75) is 51.4 Å². The molecule has 29 heteroatoms. The number of esters is 6. The number of Topliss-reactive ketones (excluding diaryl/α,β-unsaturated/α-hetero) is 1. The van der Waals surface area contributed by atoms with Gasteiger partial charge >= 0.3 is 35.8 Å². The van der Waals surface area contributed by atoms with Gasteiger partial charge in [-0.05, 0) is 132 Å². The average molecular weight is 1760 g/mol. The number of carbonyl (C=O) groups excluding carboxylic acids is 7. The van der Waals surface area contributed by atoms with E-state index in [1.54, 1.807) is 0 Å². The molecule has 0 N–H and O–H groups in total. The van der Waals surface area contributed by atoms with Gasteiger partial charge in [-0.15, -0.1) is 0 Å². The van der Waals surface area contributed by atoms with Crippen molar-refractivity contribution in [2.24, 2.45) is 5.41 Å². The van der Waals surface area contributed by atoms with Crippen LogP contribution in [-0.4, -0.2) is 141 Å². The van der Waals surface area contributed by atoms with Crippen LogP contribution in [-0.2, 0) is 62.0 Å². The molecule has 3 aromatic carbocycles. The molecule has 16 nitrogen and oxygen atoms in total. The standard InChI is InChI=1S/C50H55Br9O16S4/c51-31-21-35(54)47(36(55)22-31)70-11-8-67-42(62)3-16-77-15-2-34(60)27-50(28-73-41(61)1-14-76,29-74-45(65)6-19-78-17-4-43(63)68-9-12-71-48-37(56)23-32(52)24-38(48)57)30-75-46(66)7-20-79-18-5-44(64)69-10-13-72-49-39(58)25-33(53)26-40(49)59/h21-26,76H,1-20,27-30H2. The predicted octanol–water partition coefficient (Wildman–Crippen LogP) is 14.2. The van der Waals surface area contributed by atoms with E-state index in [4.69, 9.17) is 42.6 Å². The van der Waals surface area contributed by atoms with Crippen molar-refractivity contribution in [3.63, 3.8) is 0 Å². The molecule has 3 rings (SSSR count). The predicted molar refractivity (Wildman–Crippen MR) is 341 cm³/mol. The normalized spacial score (nSPS) is 11.1. The number of hydrogen-bond acceptors (Lipinski definition) is 20. The zero-order chi connectivity index (χ0) is 58.2. The van der Waals surface area contributed by atoms with Crippen molar-refractivity contribution in [1.29, 1.82) is 0 Å².